The Bertz CT molecular complexity index is 1340. The minimum absolute atomic E-state index is 0.196. The van der Waals surface area contributed by atoms with E-state index in [1.165, 1.54) is 24.8 Å². The predicted octanol–water partition coefficient (Wildman–Crippen LogP) is 4.39. The Labute approximate surface area is 182 Å². The summed E-state index contributed by atoms with van der Waals surface area (Å²) in [5.74, 6) is 1.75. The Kier molecular flexibility index (Phi) is 5.77. The van der Waals surface area contributed by atoms with Crippen molar-refractivity contribution in [3.05, 3.63) is 71.0 Å². The van der Waals surface area contributed by atoms with Crippen molar-refractivity contribution in [3.63, 3.8) is 0 Å². The number of aryl methyl sites for hydroxylation is 1. The number of nitrogens with zero attached hydrogens (tertiary/aromatic N) is 3. The molecule has 0 aliphatic carbocycles. The second-order valence-corrected chi connectivity index (χ2v) is 7.81. The quantitative estimate of drug-likeness (QED) is 0.260. The molecule has 1 amide bonds. The van der Waals surface area contributed by atoms with E-state index in [1.807, 2.05) is 23.6 Å². The van der Waals surface area contributed by atoms with E-state index in [4.69, 9.17) is 8.83 Å². The molecule has 0 aliphatic heterocycles. The molecule has 0 radical (unpaired) electrons. The van der Waals surface area contributed by atoms with Gasteiger partial charge in [-0.3, -0.25) is 9.36 Å². The molecule has 0 spiro atoms. The molecule has 0 unspecified atom stereocenters. The number of nitrogens with one attached hydrogen (secondary N) is 1. The van der Waals surface area contributed by atoms with Gasteiger partial charge in [-0.1, -0.05) is 17.8 Å². The van der Waals surface area contributed by atoms with Crippen molar-refractivity contribution < 1.29 is 13.6 Å². The number of benzene rings is 1. The molecule has 0 aliphatic rings. The highest BCUT2D eigenvalue weighted by Gasteiger charge is 2.17. The van der Waals surface area contributed by atoms with Gasteiger partial charge in [-0.2, -0.15) is 0 Å². The van der Waals surface area contributed by atoms with E-state index in [1.54, 1.807) is 24.5 Å². The highest BCUT2D eigenvalue weighted by molar-refractivity contribution is 7.98. The predicted molar refractivity (Wildman–Crippen MR) is 119 cm³/mol. The number of anilines is 1. The van der Waals surface area contributed by atoms with Crippen LogP contribution in [0.3, 0.4) is 0 Å². The van der Waals surface area contributed by atoms with Gasteiger partial charge < -0.3 is 14.2 Å². The lowest BCUT2D eigenvalue weighted by Gasteiger charge is -2.09. The molecule has 3 aromatic heterocycles. The lowest BCUT2D eigenvalue weighted by Crippen LogP contribution is -2.06. The van der Waals surface area contributed by atoms with Crippen molar-refractivity contribution in [2.75, 3.05) is 5.32 Å². The van der Waals surface area contributed by atoms with E-state index < -0.39 is 5.63 Å². The molecule has 0 bridgehead atoms. The SMILES string of the molecule is C=CCn1c(SCc2cc(=O)oc3cc(NC(C)=O)ccc23)nnc1-c1ccoc1C. The van der Waals surface area contributed by atoms with Crippen LogP contribution >= 0.6 is 11.8 Å². The summed E-state index contributed by atoms with van der Waals surface area (Å²) in [5.41, 5.74) is 2.21. The first-order valence-corrected chi connectivity index (χ1v) is 10.5. The third kappa shape index (κ3) is 4.31. The van der Waals surface area contributed by atoms with Crippen LogP contribution in [0.25, 0.3) is 22.4 Å². The van der Waals surface area contributed by atoms with E-state index >= 15 is 0 Å². The van der Waals surface area contributed by atoms with Gasteiger partial charge >= 0.3 is 5.63 Å². The fraction of sp³-hybridized carbons (Fsp3) is 0.182. The van der Waals surface area contributed by atoms with Crippen LogP contribution in [0.15, 0.2) is 68.0 Å². The van der Waals surface area contributed by atoms with Crippen molar-refractivity contribution in [1.82, 2.24) is 14.8 Å². The molecule has 0 saturated heterocycles. The van der Waals surface area contributed by atoms with Gasteiger partial charge in [0, 0.05) is 42.4 Å². The number of rotatable bonds is 7. The maximum atomic E-state index is 12.1. The van der Waals surface area contributed by atoms with Crippen LogP contribution in [0.2, 0.25) is 0 Å². The number of hydrogen-bond donors (Lipinski definition) is 1. The molecule has 4 aromatic rings. The molecule has 4 rings (SSSR count). The summed E-state index contributed by atoms with van der Waals surface area (Å²) in [4.78, 5) is 23.4. The zero-order valence-corrected chi connectivity index (χ0v) is 17.9. The van der Waals surface area contributed by atoms with Gasteiger partial charge in [-0.05, 0) is 30.7 Å². The summed E-state index contributed by atoms with van der Waals surface area (Å²) in [5, 5.41) is 12.9. The Morgan fingerprint density at radius 3 is 2.84 bits per heavy atom. The van der Waals surface area contributed by atoms with Gasteiger partial charge in [0.1, 0.15) is 11.3 Å². The number of furan rings is 1. The first-order valence-electron chi connectivity index (χ1n) is 9.52. The lowest BCUT2D eigenvalue weighted by atomic mass is 10.1. The average Bonchev–Trinajstić information content (AvgIpc) is 3.31. The Morgan fingerprint density at radius 1 is 1.29 bits per heavy atom. The largest absolute Gasteiger partial charge is 0.469 e. The average molecular weight is 436 g/mol. The summed E-state index contributed by atoms with van der Waals surface area (Å²) < 4.78 is 12.7. The first-order chi connectivity index (χ1) is 15.0. The highest BCUT2D eigenvalue weighted by atomic mass is 32.2. The van der Waals surface area contributed by atoms with Crippen LogP contribution in [0.5, 0.6) is 0 Å². The van der Waals surface area contributed by atoms with Gasteiger partial charge in [-0.15, -0.1) is 16.8 Å². The Hall–Kier alpha value is -3.59. The number of carbonyl (C=O) groups is 1. The van der Waals surface area contributed by atoms with E-state index in [0.29, 0.717) is 34.5 Å². The van der Waals surface area contributed by atoms with Crippen LogP contribution < -0.4 is 10.9 Å². The van der Waals surface area contributed by atoms with Crippen LogP contribution in [0, 0.1) is 6.92 Å². The monoisotopic (exact) mass is 436 g/mol. The van der Waals surface area contributed by atoms with Crippen molar-refractivity contribution in [1.29, 1.82) is 0 Å². The fourth-order valence-electron chi connectivity index (χ4n) is 3.28. The summed E-state index contributed by atoms with van der Waals surface area (Å²) in [6.07, 6.45) is 3.40. The molecule has 0 fully saturated rings. The fourth-order valence-corrected chi connectivity index (χ4v) is 4.22. The van der Waals surface area contributed by atoms with Crippen LogP contribution in [-0.4, -0.2) is 20.7 Å². The lowest BCUT2D eigenvalue weighted by molar-refractivity contribution is -0.114. The minimum atomic E-state index is -0.453. The summed E-state index contributed by atoms with van der Waals surface area (Å²) in [6, 6.07) is 8.58. The molecule has 9 heteroatoms. The van der Waals surface area contributed by atoms with Crippen LogP contribution in [0.4, 0.5) is 5.69 Å². The molecule has 8 nitrogen and oxygen atoms in total. The first kappa shape index (κ1) is 20.7. The van der Waals surface area contributed by atoms with Gasteiger partial charge in [0.25, 0.3) is 0 Å². The molecular formula is C22H20N4O4S. The maximum absolute atomic E-state index is 12.1. The van der Waals surface area contributed by atoms with E-state index in [0.717, 1.165) is 22.3 Å². The maximum Gasteiger partial charge on any atom is 0.336 e. The molecule has 1 aromatic carbocycles. The third-order valence-electron chi connectivity index (χ3n) is 4.64. The van der Waals surface area contributed by atoms with Crippen molar-refractivity contribution in [3.8, 4) is 11.4 Å². The number of hydrogen-bond acceptors (Lipinski definition) is 7. The second kappa shape index (κ2) is 8.65. The summed E-state index contributed by atoms with van der Waals surface area (Å²) in [6.45, 7) is 7.66. The Balaban J connectivity index is 1.66. The normalized spacial score (nSPS) is 11.0. The van der Waals surface area contributed by atoms with E-state index in [-0.39, 0.29) is 5.91 Å². The summed E-state index contributed by atoms with van der Waals surface area (Å²) >= 11 is 1.46. The van der Waals surface area contributed by atoms with Crippen molar-refractivity contribution in [2.24, 2.45) is 0 Å². The number of allylic oxidation sites excluding steroid dienone is 1. The van der Waals surface area contributed by atoms with E-state index in [2.05, 4.69) is 22.1 Å². The molecule has 0 saturated carbocycles. The topological polar surface area (TPSA) is 103 Å². The molecular weight excluding hydrogens is 416 g/mol. The van der Waals surface area contributed by atoms with Crippen molar-refractivity contribution >= 4 is 34.3 Å². The van der Waals surface area contributed by atoms with Crippen LogP contribution in [-0.2, 0) is 17.1 Å². The second-order valence-electron chi connectivity index (χ2n) is 6.87. The van der Waals surface area contributed by atoms with Gasteiger partial charge in [0.05, 0.1) is 11.8 Å². The Morgan fingerprint density at radius 2 is 2.13 bits per heavy atom. The number of carbonyl (C=O) groups excluding carboxylic acids is 1. The number of fused-ring (bicyclic) bond motifs is 1. The third-order valence-corrected chi connectivity index (χ3v) is 5.65. The van der Waals surface area contributed by atoms with Crippen molar-refractivity contribution in [2.45, 2.75) is 31.3 Å². The number of amides is 1. The molecule has 0 atom stereocenters. The molecule has 158 valence electrons. The van der Waals surface area contributed by atoms with Gasteiger partial charge in [0.15, 0.2) is 11.0 Å². The summed E-state index contributed by atoms with van der Waals surface area (Å²) in [7, 11) is 0. The smallest absolute Gasteiger partial charge is 0.336 e. The standard InChI is InChI=1S/C22H20N4O4S/c1-4-8-26-21(17-7-9-29-13(17)2)24-25-22(26)31-12-15-10-20(28)30-19-11-16(23-14(3)27)5-6-18(15)19/h4-7,9-11H,1,8,12H2,2-3H3,(H,23,27). The molecule has 1 N–H and O–H groups in total. The zero-order valence-electron chi connectivity index (χ0n) is 17.0. The van der Waals surface area contributed by atoms with E-state index in [9.17, 15) is 9.59 Å². The zero-order chi connectivity index (χ0) is 22.0. The van der Waals surface area contributed by atoms with Gasteiger partial charge in [0.2, 0.25) is 5.91 Å². The molecule has 31 heavy (non-hydrogen) atoms. The number of aromatic nitrogens is 3. The number of thioether (sulfide) groups is 1. The molecule has 3 heterocycles. The van der Waals surface area contributed by atoms with Gasteiger partial charge in [-0.25, -0.2) is 4.79 Å². The highest BCUT2D eigenvalue weighted by Crippen LogP contribution is 2.30. The minimum Gasteiger partial charge on any atom is -0.469 e. The van der Waals surface area contributed by atoms with Crippen LogP contribution in [0.1, 0.15) is 18.2 Å².